The van der Waals surface area contributed by atoms with Gasteiger partial charge in [0, 0.05) is 24.8 Å². The highest BCUT2D eigenvalue weighted by molar-refractivity contribution is 7.82. The minimum Gasteiger partial charge on any atom is -0.350 e. The first kappa shape index (κ1) is 32.1. The van der Waals surface area contributed by atoms with Crippen molar-refractivity contribution in [2.45, 2.75) is 70.6 Å². The first-order valence-electron chi connectivity index (χ1n) is 13.0. The molecule has 1 amide bonds. The van der Waals surface area contributed by atoms with Gasteiger partial charge in [-0.3, -0.25) is 9.78 Å². The summed E-state index contributed by atoms with van der Waals surface area (Å²) in [6.07, 6.45) is -1.79. The summed E-state index contributed by atoms with van der Waals surface area (Å²) in [6, 6.07) is 13.5. The maximum absolute atomic E-state index is 13.2. The largest absolute Gasteiger partial charge is 0.416 e. The first-order valence-corrected chi connectivity index (χ1v) is 14.1. The van der Waals surface area contributed by atoms with Crippen molar-refractivity contribution in [2.75, 3.05) is 6.54 Å². The van der Waals surface area contributed by atoms with Crippen LogP contribution in [0.2, 0.25) is 0 Å². The van der Waals surface area contributed by atoms with Crippen LogP contribution >= 0.6 is 0 Å². The molecule has 0 bridgehead atoms. The second kappa shape index (κ2) is 14.3. The van der Waals surface area contributed by atoms with E-state index in [0.29, 0.717) is 35.5 Å². The number of nitrogens with one attached hydrogen (secondary N) is 1. The van der Waals surface area contributed by atoms with E-state index in [-0.39, 0.29) is 12.5 Å². The number of nitrogens with zero attached hydrogens (tertiary/aromatic N) is 2. The Morgan fingerprint density at radius 2 is 1.59 bits per heavy atom. The van der Waals surface area contributed by atoms with Crippen LogP contribution in [0.25, 0.3) is 11.3 Å². The molecule has 1 N–H and O–H groups in total. The van der Waals surface area contributed by atoms with Crippen LogP contribution in [0.4, 0.5) is 17.6 Å². The molecule has 3 aromatic rings. The molecule has 0 radical (unpaired) electrons. The summed E-state index contributed by atoms with van der Waals surface area (Å²) in [5, 5.41) is 2.89. The molecule has 1 aliphatic rings. The van der Waals surface area contributed by atoms with Crippen molar-refractivity contribution in [1.82, 2.24) is 14.6 Å². The number of pyridine rings is 1. The number of hydrogen-bond donors (Lipinski definition) is 1. The smallest absolute Gasteiger partial charge is 0.350 e. The second-order valence-electron chi connectivity index (χ2n) is 8.24. The van der Waals surface area contributed by atoms with Gasteiger partial charge in [-0.2, -0.15) is 13.2 Å². The Kier molecular flexibility index (Phi) is 11.8. The van der Waals surface area contributed by atoms with Crippen molar-refractivity contribution >= 4 is 16.9 Å². The van der Waals surface area contributed by atoms with Gasteiger partial charge in [-0.25, -0.2) is 12.9 Å². The first-order chi connectivity index (χ1) is 18.6. The van der Waals surface area contributed by atoms with E-state index in [9.17, 15) is 26.6 Å². The highest BCUT2D eigenvalue weighted by atomic mass is 32.2. The Bertz CT molecular complexity index is 1230. The maximum Gasteiger partial charge on any atom is 0.416 e. The van der Waals surface area contributed by atoms with Gasteiger partial charge < -0.3 is 5.32 Å². The number of carbonyl (C=O) groups excluding carboxylic acids is 1. The highest BCUT2D eigenvalue weighted by Crippen LogP contribution is 2.44. The number of benzene rings is 2. The fourth-order valence-electron chi connectivity index (χ4n) is 3.88. The lowest BCUT2D eigenvalue weighted by atomic mass is 10.1. The zero-order valence-corrected chi connectivity index (χ0v) is 23.6. The van der Waals surface area contributed by atoms with Crippen LogP contribution in [0, 0.1) is 5.82 Å². The fourth-order valence-corrected chi connectivity index (χ4v) is 5.32. The Balaban J connectivity index is 0.00000127. The number of rotatable bonds is 8. The maximum atomic E-state index is 13.2. The SMILES string of the molecule is CC.CC.CCN(S(=O)c1ccc(F)cc1)C1(C(=O)NCc2ccnc(-c3ccc(C(F)(F)F)cc3)c2)CC1. The third kappa shape index (κ3) is 7.95. The molecule has 212 valence electrons. The van der Waals surface area contributed by atoms with Crippen LogP contribution in [0.1, 0.15) is 58.6 Å². The normalized spacial score (nSPS) is 14.3. The number of halogens is 4. The third-order valence-corrected chi connectivity index (χ3v) is 7.60. The van der Waals surface area contributed by atoms with E-state index >= 15 is 0 Å². The van der Waals surface area contributed by atoms with Crippen LogP contribution < -0.4 is 5.32 Å². The predicted octanol–water partition coefficient (Wildman–Crippen LogP) is 7.15. The molecule has 10 heteroatoms. The van der Waals surface area contributed by atoms with Crippen LogP contribution in [-0.2, 0) is 28.5 Å². The third-order valence-electron chi connectivity index (χ3n) is 5.91. The molecule has 1 aliphatic carbocycles. The van der Waals surface area contributed by atoms with Crippen molar-refractivity contribution < 1.29 is 26.6 Å². The number of amides is 1. The molecule has 5 nitrogen and oxygen atoms in total. The molecular formula is C29H35F4N3O2S. The molecule has 0 spiro atoms. The number of likely N-dealkylation sites (N-methyl/N-ethyl adjacent to an activating group) is 1. The zero-order chi connectivity index (χ0) is 29.2. The number of carbonyl (C=O) groups is 1. The van der Waals surface area contributed by atoms with Gasteiger partial charge in [-0.15, -0.1) is 0 Å². The van der Waals surface area contributed by atoms with Crippen LogP contribution in [0.5, 0.6) is 0 Å². The molecule has 0 aliphatic heterocycles. The van der Waals surface area contributed by atoms with Crippen molar-refractivity contribution in [3.8, 4) is 11.3 Å². The van der Waals surface area contributed by atoms with E-state index in [4.69, 9.17) is 0 Å². The monoisotopic (exact) mass is 565 g/mol. The van der Waals surface area contributed by atoms with E-state index < -0.39 is 34.1 Å². The Morgan fingerprint density at radius 1 is 1.00 bits per heavy atom. The number of alkyl halides is 3. The molecule has 1 fully saturated rings. The Morgan fingerprint density at radius 3 is 2.10 bits per heavy atom. The summed E-state index contributed by atoms with van der Waals surface area (Å²) in [5.41, 5.74) is 0.0904. The van der Waals surface area contributed by atoms with Gasteiger partial charge in [0.2, 0.25) is 5.91 Å². The van der Waals surface area contributed by atoms with Crippen LogP contribution in [-0.4, -0.2) is 31.5 Å². The van der Waals surface area contributed by atoms with E-state index in [1.54, 1.807) is 16.4 Å². The molecule has 1 saturated carbocycles. The highest BCUT2D eigenvalue weighted by Gasteiger charge is 2.56. The van der Waals surface area contributed by atoms with Gasteiger partial charge in [0.25, 0.3) is 0 Å². The molecule has 4 rings (SSSR count). The van der Waals surface area contributed by atoms with Gasteiger partial charge in [0.15, 0.2) is 0 Å². The fraction of sp³-hybridized carbons (Fsp3) is 0.379. The molecule has 0 saturated heterocycles. The standard InChI is InChI=1S/C25H23F4N3O2S.2C2H6/c1-2-32(35(34)21-9-7-20(26)8-10-21)24(12-13-24)23(33)31-16-17-11-14-30-22(15-17)18-3-5-19(6-4-18)25(27,28)29;2*1-2/h3-11,14-15H,2,12-13,16H2,1H3,(H,31,33);2*1-2H3. The molecule has 1 atom stereocenters. The minimum atomic E-state index is -4.41. The topological polar surface area (TPSA) is 62.3 Å². The molecule has 1 heterocycles. The molecule has 1 aromatic heterocycles. The average molecular weight is 566 g/mol. The summed E-state index contributed by atoms with van der Waals surface area (Å²) in [5.74, 6) is -0.691. The molecule has 2 aromatic carbocycles. The van der Waals surface area contributed by atoms with Gasteiger partial charge in [0.1, 0.15) is 22.3 Å². The van der Waals surface area contributed by atoms with Crippen molar-refractivity contribution in [1.29, 1.82) is 0 Å². The molecule has 1 unspecified atom stereocenters. The van der Waals surface area contributed by atoms with E-state index in [1.165, 1.54) is 42.6 Å². The lowest BCUT2D eigenvalue weighted by Crippen LogP contribution is -2.49. The Hall–Kier alpha value is -3.11. The van der Waals surface area contributed by atoms with E-state index in [2.05, 4.69) is 10.3 Å². The zero-order valence-electron chi connectivity index (χ0n) is 22.8. The predicted molar refractivity (Wildman–Crippen MR) is 146 cm³/mol. The Labute approximate surface area is 230 Å². The summed E-state index contributed by atoms with van der Waals surface area (Å²) < 4.78 is 66.4. The van der Waals surface area contributed by atoms with Crippen LogP contribution in [0.15, 0.2) is 71.8 Å². The van der Waals surface area contributed by atoms with E-state index in [0.717, 1.165) is 17.7 Å². The summed E-state index contributed by atoms with van der Waals surface area (Å²) in [4.78, 5) is 17.8. The average Bonchev–Trinajstić information content (AvgIpc) is 3.76. The molecule has 39 heavy (non-hydrogen) atoms. The molecular weight excluding hydrogens is 530 g/mol. The lowest BCUT2D eigenvalue weighted by molar-refractivity contribution is -0.137. The van der Waals surface area contributed by atoms with Crippen molar-refractivity contribution in [3.63, 3.8) is 0 Å². The van der Waals surface area contributed by atoms with Gasteiger partial charge in [-0.05, 0) is 66.9 Å². The summed E-state index contributed by atoms with van der Waals surface area (Å²) >= 11 is 0. The second-order valence-corrected chi connectivity index (χ2v) is 9.65. The quantitative estimate of drug-likeness (QED) is 0.295. The summed E-state index contributed by atoms with van der Waals surface area (Å²) in [6.45, 7) is 10.4. The minimum absolute atomic E-state index is 0.178. The number of aromatic nitrogens is 1. The van der Waals surface area contributed by atoms with Gasteiger partial charge in [0.05, 0.1) is 16.2 Å². The van der Waals surface area contributed by atoms with Gasteiger partial charge >= 0.3 is 6.18 Å². The van der Waals surface area contributed by atoms with E-state index in [1.807, 2.05) is 34.6 Å². The van der Waals surface area contributed by atoms with Crippen LogP contribution in [0.3, 0.4) is 0 Å². The summed E-state index contributed by atoms with van der Waals surface area (Å²) in [7, 11) is -1.63. The van der Waals surface area contributed by atoms with Crippen molar-refractivity contribution in [2.24, 2.45) is 0 Å². The lowest BCUT2D eigenvalue weighted by Gasteiger charge is -2.28. The van der Waals surface area contributed by atoms with Gasteiger partial charge in [-0.1, -0.05) is 46.8 Å². The number of hydrogen-bond acceptors (Lipinski definition) is 3. The van der Waals surface area contributed by atoms with Crippen molar-refractivity contribution in [3.05, 3.63) is 83.8 Å².